The van der Waals surface area contributed by atoms with Crippen LogP contribution in [0.15, 0.2) is 41.5 Å². The Morgan fingerprint density at radius 2 is 1.82 bits per heavy atom. The largest absolute Gasteiger partial charge is 0.504 e. The van der Waals surface area contributed by atoms with Crippen molar-refractivity contribution < 1.29 is 29.0 Å². The van der Waals surface area contributed by atoms with Gasteiger partial charge in [-0.15, -0.1) is 0 Å². The molecule has 0 fully saturated rings. The molecular weight excluding hydrogens is 475 g/mol. The summed E-state index contributed by atoms with van der Waals surface area (Å²) in [5, 5.41) is 16.7. The van der Waals surface area contributed by atoms with Gasteiger partial charge < -0.3 is 20.9 Å². The second-order valence-corrected chi connectivity index (χ2v) is 7.49. The first-order valence-electron chi connectivity index (χ1n) is 9.41. The summed E-state index contributed by atoms with van der Waals surface area (Å²) in [5.41, 5.74) is 7.49. The fourth-order valence-corrected chi connectivity index (χ4v) is 3.02. The Balaban J connectivity index is 2.12. The van der Waals surface area contributed by atoms with Gasteiger partial charge in [0.2, 0.25) is 5.91 Å². The topological polar surface area (TPSA) is 160 Å². The van der Waals surface area contributed by atoms with Gasteiger partial charge in [0.05, 0.1) is 24.2 Å². The smallest absolute Gasteiger partial charge is 0.329 e. The summed E-state index contributed by atoms with van der Waals surface area (Å²) in [6, 6.07) is 8.57. The molecule has 174 valence electrons. The molecule has 0 saturated carbocycles. The molecule has 3 amide bonds. The highest BCUT2D eigenvalue weighted by molar-refractivity contribution is 6.36. The number of carbonyl (C=O) groups is 4. The summed E-state index contributed by atoms with van der Waals surface area (Å²) in [7, 11) is 1.33. The number of methoxy groups -OCH3 is 1. The molecule has 0 aromatic heterocycles. The fraction of sp³-hybridized carbons (Fsp3) is 0.190. The number of nitrogens with one attached hydrogen (secondary N) is 2. The molecule has 33 heavy (non-hydrogen) atoms. The number of phenolic OH excluding ortho intramolecular Hbond substituents is 1. The molecule has 0 aliphatic rings. The van der Waals surface area contributed by atoms with E-state index in [2.05, 4.69) is 10.4 Å². The number of nitrogens with two attached hydrogens (primary N) is 1. The summed E-state index contributed by atoms with van der Waals surface area (Å²) >= 11 is 11.9. The molecule has 2 aromatic rings. The average molecular weight is 495 g/mol. The maximum atomic E-state index is 12.7. The third-order valence-corrected chi connectivity index (χ3v) is 4.80. The number of hydrazone groups is 1. The highest BCUT2D eigenvalue weighted by Gasteiger charge is 2.16. The number of halogens is 2. The number of phenols is 1. The molecule has 0 unspecified atom stereocenters. The van der Waals surface area contributed by atoms with E-state index in [0.717, 1.165) is 0 Å². The lowest BCUT2D eigenvalue weighted by Crippen LogP contribution is -2.33. The molecule has 2 rings (SSSR count). The zero-order valence-electron chi connectivity index (χ0n) is 17.4. The first kappa shape index (κ1) is 25.6. The number of nitrogens with zero attached hydrogens (tertiary/aromatic N) is 1. The van der Waals surface area contributed by atoms with E-state index in [0.29, 0.717) is 10.7 Å². The number of ether oxygens (including phenoxy) is 1. The van der Waals surface area contributed by atoms with Crippen LogP contribution in [-0.4, -0.2) is 41.4 Å². The van der Waals surface area contributed by atoms with Gasteiger partial charge in [0.1, 0.15) is 0 Å². The molecule has 0 bridgehead atoms. The summed E-state index contributed by atoms with van der Waals surface area (Å²) in [5.74, 6) is -3.35. The number of hydrogen-bond acceptors (Lipinski definition) is 7. The van der Waals surface area contributed by atoms with E-state index in [1.165, 1.54) is 37.4 Å². The number of ketones is 1. The van der Waals surface area contributed by atoms with Gasteiger partial charge in [-0.2, -0.15) is 5.10 Å². The number of hydrogen-bond donors (Lipinski definition) is 4. The molecule has 0 heterocycles. The number of aromatic hydroxyl groups is 1. The van der Waals surface area contributed by atoms with Gasteiger partial charge in [0, 0.05) is 22.7 Å². The molecule has 0 spiro atoms. The van der Waals surface area contributed by atoms with Crippen LogP contribution >= 0.6 is 23.2 Å². The van der Waals surface area contributed by atoms with Crippen molar-refractivity contribution >= 4 is 58.1 Å². The van der Waals surface area contributed by atoms with Gasteiger partial charge >= 0.3 is 11.8 Å². The van der Waals surface area contributed by atoms with Gasteiger partial charge in [0.15, 0.2) is 17.3 Å². The predicted octanol–water partition coefficient (Wildman–Crippen LogP) is 2.66. The molecule has 2 aromatic carbocycles. The van der Waals surface area contributed by atoms with Crippen molar-refractivity contribution in [3.05, 3.63) is 52.0 Å². The van der Waals surface area contributed by atoms with Crippen molar-refractivity contribution in [1.82, 2.24) is 5.43 Å². The van der Waals surface area contributed by atoms with Crippen molar-refractivity contribution in [2.75, 3.05) is 12.4 Å². The van der Waals surface area contributed by atoms with Crippen LogP contribution in [0.25, 0.3) is 0 Å². The second kappa shape index (κ2) is 11.8. The van der Waals surface area contributed by atoms with Crippen LogP contribution in [0.4, 0.5) is 5.69 Å². The van der Waals surface area contributed by atoms with E-state index in [4.69, 9.17) is 33.7 Å². The minimum absolute atomic E-state index is 0.0307. The Kier molecular flexibility index (Phi) is 9.19. The third kappa shape index (κ3) is 7.78. The van der Waals surface area contributed by atoms with Crippen molar-refractivity contribution in [1.29, 1.82) is 0 Å². The van der Waals surface area contributed by atoms with Gasteiger partial charge in [-0.05, 0) is 42.8 Å². The minimum Gasteiger partial charge on any atom is -0.504 e. The third-order valence-electron chi connectivity index (χ3n) is 4.25. The van der Waals surface area contributed by atoms with Crippen molar-refractivity contribution in [3.63, 3.8) is 0 Å². The second-order valence-electron chi connectivity index (χ2n) is 6.64. The maximum Gasteiger partial charge on any atom is 0.329 e. The van der Waals surface area contributed by atoms with Crippen LogP contribution in [0.5, 0.6) is 11.5 Å². The predicted molar refractivity (Wildman–Crippen MR) is 123 cm³/mol. The monoisotopic (exact) mass is 494 g/mol. The highest BCUT2D eigenvalue weighted by Crippen LogP contribution is 2.27. The number of rotatable bonds is 9. The summed E-state index contributed by atoms with van der Waals surface area (Å²) in [4.78, 5) is 47.4. The number of Topliss-reactive ketones (excluding diaryl/α,β-unsaturated/α-hetero) is 1. The number of amides is 3. The summed E-state index contributed by atoms with van der Waals surface area (Å²) in [6.07, 6.45) is -0.435. The lowest BCUT2D eigenvalue weighted by molar-refractivity contribution is -0.137. The molecule has 0 radical (unpaired) electrons. The number of carbonyl (C=O) groups excluding carboxylic acids is 4. The molecule has 0 atom stereocenters. The maximum absolute atomic E-state index is 12.7. The first-order chi connectivity index (χ1) is 15.6. The Bertz CT molecular complexity index is 1120. The Hall–Kier alpha value is -3.63. The van der Waals surface area contributed by atoms with Crippen LogP contribution in [-0.2, 0) is 14.4 Å². The molecule has 12 heteroatoms. The SMILES string of the molecule is COc1cc(C(=O)CC(CCC(=O)Nc2ccc(Cl)cc2Cl)=NNC(=O)C(N)=O)ccc1O. The van der Waals surface area contributed by atoms with Crippen molar-refractivity contribution in [2.24, 2.45) is 10.8 Å². The van der Waals surface area contributed by atoms with E-state index in [1.54, 1.807) is 6.07 Å². The van der Waals surface area contributed by atoms with E-state index in [9.17, 15) is 24.3 Å². The zero-order valence-corrected chi connectivity index (χ0v) is 18.9. The van der Waals surface area contributed by atoms with E-state index in [-0.39, 0.29) is 47.1 Å². The van der Waals surface area contributed by atoms with Gasteiger partial charge in [-0.1, -0.05) is 23.2 Å². The van der Waals surface area contributed by atoms with Crippen LogP contribution in [0.3, 0.4) is 0 Å². The molecule has 0 aliphatic carbocycles. The van der Waals surface area contributed by atoms with Crippen LogP contribution in [0.1, 0.15) is 29.6 Å². The fourth-order valence-electron chi connectivity index (χ4n) is 2.57. The summed E-state index contributed by atoms with van der Waals surface area (Å²) in [6.45, 7) is 0. The lowest BCUT2D eigenvalue weighted by Gasteiger charge is -2.10. The lowest BCUT2D eigenvalue weighted by atomic mass is 10.0. The van der Waals surface area contributed by atoms with Crippen LogP contribution in [0.2, 0.25) is 10.0 Å². The van der Waals surface area contributed by atoms with Crippen molar-refractivity contribution in [3.8, 4) is 11.5 Å². The molecule has 5 N–H and O–H groups in total. The van der Waals surface area contributed by atoms with Gasteiger partial charge in [0.25, 0.3) is 0 Å². The average Bonchev–Trinajstić information content (AvgIpc) is 2.77. The van der Waals surface area contributed by atoms with E-state index >= 15 is 0 Å². The van der Waals surface area contributed by atoms with Crippen molar-refractivity contribution in [2.45, 2.75) is 19.3 Å². The standard InChI is InChI=1S/C21H20Cl2N4O6/c1-33-18-8-11(2-6-16(18)28)17(29)10-13(26-27-21(32)20(24)31)4-7-19(30)25-15-5-3-12(22)9-14(15)23/h2-3,5-6,8-9,28H,4,7,10H2,1H3,(H2,24,31)(H,25,30)(H,27,32). The van der Waals surface area contributed by atoms with E-state index < -0.39 is 23.5 Å². The Labute approximate surface area is 198 Å². The minimum atomic E-state index is -1.26. The van der Waals surface area contributed by atoms with Crippen LogP contribution in [0, 0.1) is 0 Å². The van der Waals surface area contributed by atoms with E-state index in [1.807, 2.05) is 5.43 Å². The molecule has 0 aliphatic heterocycles. The number of primary amides is 1. The van der Waals surface area contributed by atoms with Gasteiger partial charge in [-0.3, -0.25) is 19.2 Å². The number of benzene rings is 2. The number of anilines is 1. The van der Waals surface area contributed by atoms with Gasteiger partial charge in [-0.25, -0.2) is 5.43 Å². The first-order valence-corrected chi connectivity index (χ1v) is 10.2. The summed E-state index contributed by atoms with van der Waals surface area (Å²) < 4.78 is 4.99. The molecule has 10 nitrogen and oxygen atoms in total. The van der Waals surface area contributed by atoms with Crippen LogP contribution < -0.4 is 21.2 Å². The molecule has 0 saturated heterocycles. The quantitative estimate of drug-likeness (QED) is 0.181. The Morgan fingerprint density at radius 3 is 2.45 bits per heavy atom. The normalized spacial score (nSPS) is 10.9. The molecular formula is C21H20Cl2N4O6. The highest BCUT2D eigenvalue weighted by atomic mass is 35.5. The Morgan fingerprint density at radius 1 is 1.09 bits per heavy atom. The zero-order chi connectivity index (χ0) is 24.5.